The molecule has 0 saturated carbocycles. The number of carboxylic acid groups (broad SMARTS) is 1. The molecule has 0 saturated heterocycles. The van der Waals surface area contributed by atoms with E-state index in [2.05, 4.69) is 0 Å². The van der Waals surface area contributed by atoms with E-state index in [-0.39, 0.29) is 11.8 Å². The maximum Gasteiger partial charge on any atom is 0.326 e. The van der Waals surface area contributed by atoms with E-state index >= 15 is 0 Å². The molecule has 0 aliphatic heterocycles. The highest BCUT2D eigenvalue weighted by atomic mass is 16.4. The average Bonchev–Trinajstić information content (AvgIpc) is 2.11. The molecular weight excluding hydrogens is 182 g/mol. The van der Waals surface area contributed by atoms with Crippen LogP contribution in [0.4, 0.5) is 0 Å². The Morgan fingerprint density at radius 1 is 1.36 bits per heavy atom. The Kier molecular flexibility index (Phi) is 5.20. The van der Waals surface area contributed by atoms with Gasteiger partial charge in [0.05, 0.1) is 0 Å². The molecule has 2 unspecified atom stereocenters. The third kappa shape index (κ3) is 3.01. The summed E-state index contributed by atoms with van der Waals surface area (Å²) in [7, 11) is 0. The van der Waals surface area contributed by atoms with Crippen molar-refractivity contribution in [2.24, 2.45) is 5.92 Å². The molecule has 0 heterocycles. The summed E-state index contributed by atoms with van der Waals surface area (Å²) >= 11 is 0. The normalized spacial score (nSPS) is 14.6. The minimum atomic E-state index is -0.920. The minimum absolute atomic E-state index is 0.0173. The monoisotopic (exact) mass is 201 g/mol. The Hall–Kier alpha value is -1.06. The van der Waals surface area contributed by atoms with Gasteiger partial charge >= 0.3 is 5.97 Å². The van der Waals surface area contributed by atoms with Crippen LogP contribution in [0.2, 0.25) is 0 Å². The molecule has 0 bridgehead atoms. The number of aliphatic carboxylic acids is 1. The van der Waals surface area contributed by atoms with E-state index in [1.165, 1.54) is 11.8 Å². The number of carboxylic acids is 1. The van der Waals surface area contributed by atoms with Crippen molar-refractivity contribution in [1.82, 2.24) is 4.90 Å². The fourth-order valence-corrected chi connectivity index (χ4v) is 1.52. The first-order chi connectivity index (χ1) is 6.45. The van der Waals surface area contributed by atoms with Gasteiger partial charge in [0.25, 0.3) is 0 Å². The molecule has 0 aromatic carbocycles. The first-order valence-electron chi connectivity index (χ1n) is 4.95. The smallest absolute Gasteiger partial charge is 0.326 e. The first kappa shape index (κ1) is 12.9. The molecule has 0 radical (unpaired) electrons. The quantitative estimate of drug-likeness (QED) is 0.730. The van der Waals surface area contributed by atoms with Crippen molar-refractivity contribution in [3.05, 3.63) is 0 Å². The van der Waals surface area contributed by atoms with E-state index < -0.39 is 12.0 Å². The highest BCUT2D eigenvalue weighted by Gasteiger charge is 2.30. The lowest BCUT2D eigenvalue weighted by molar-refractivity contribution is -0.151. The van der Waals surface area contributed by atoms with Crippen LogP contribution in [-0.2, 0) is 9.59 Å². The Balaban J connectivity index is 4.78. The zero-order valence-corrected chi connectivity index (χ0v) is 9.28. The number of carbonyl (C=O) groups excluding carboxylic acids is 1. The second-order valence-corrected chi connectivity index (χ2v) is 3.47. The molecule has 0 aromatic heterocycles. The van der Waals surface area contributed by atoms with Crippen LogP contribution in [0.3, 0.4) is 0 Å². The molecule has 14 heavy (non-hydrogen) atoms. The summed E-state index contributed by atoms with van der Waals surface area (Å²) in [5, 5.41) is 9.03. The molecule has 0 aliphatic rings. The van der Waals surface area contributed by atoms with Crippen LogP contribution in [0.25, 0.3) is 0 Å². The zero-order chi connectivity index (χ0) is 11.3. The summed E-state index contributed by atoms with van der Waals surface area (Å²) in [6.45, 7) is 7.41. The lowest BCUT2D eigenvalue weighted by atomic mass is 9.97. The van der Waals surface area contributed by atoms with Gasteiger partial charge in [0, 0.05) is 13.5 Å². The molecule has 2 atom stereocenters. The second-order valence-electron chi connectivity index (χ2n) is 3.47. The number of likely N-dealkylation sites (N-methyl/N-ethyl adjacent to an activating group) is 1. The average molecular weight is 201 g/mol. The summed E-state index contributed by atoms with van der Waals surface area (Å²) in [5.74, 6) is -1.12. The van der Waals surface area contributed by atoms with Crippen molar-refractivity contribution in [2.45, 2.75) is 40.2 Å². The summed E-state index contributed by atoms with van der Waals surface area (Å²) < 4.78 is 0. The summed E-state index contributed by atoms with van der Waals surface area (Å²) in [5.41, 5.74) is 0. The molecule has 0 aliphatic carbocycles. The number of hydrogen-bond acceptors (Lipinski definition) is 2. The number of amides is 1. The third-order valence-electron chi connectivity index (χ3n) is 2.52. The van der Waals surface area contributed by atoms with Gasteiger partial charge in [0.1, 0.15) is 6.04 Å². The standard InChI is InChI=1S/C10H19NO3/c1-5-7(3)9(10(13)14)11(6-2)8(4)12/h7,9H,5-6H2,1-4H3,(H,13,14). The Morgan fingerprint density at radius 2 is 1.86 bits per heavy atom. The lowest BCUT2D eigenvalue weighted by Gasteiger charge is -2.30. The molecule has 0 rings (SSSR count). The molecule has 1 N–H and O–H groups in total. The van der Waals surface area contributed by atoms with Crippen molar-refractivity contribution < 1.29 is 14.7 Å². The van der Waals surface area contributed by atoms with Crippen molar-refractivity contribution in [3.63, 3.8) is 0 Å². The van der Waals surface area contributed by atoms with Gasteiger partial charge in [-0.1, -0.05) is 20.3 Å². The SMILES string of the molecule is CCC(C)C(C(=O)O)N(CC)C(C)=O. The van der Waals surface area contributed by atoms with Crippen molar-refractivity contribution in [3.8, 4) is 0 Å². The fraction of sp³-hybridized carbons (Fsp3) is 0.800. The maximum atomic E-state index is 11.2. The van der Waals surface area contributed by atoms with Crippen LogP contribution in [0.1, 0.15) is 34.1 Å². The van der Waals surface area contributed by atoms with Gasteiger partial charge in [-0.2, -0.15) is 0 Å². The first-order valence-corrected chi connectivity index (χ1v) is 4.95. The summed E-state index contributed by atoms with van der Waals surface area (Å²) in [6.07, 6.45) is 0.751. The molecule has 0 aromatic rings. The predicted octanol–water partition coefficient (Wildman–Crippen LogP) is 1.35. The van der Waals surface area contributed by atoms with Crippen molar-refractivity contribution >= 4 is 11.9 Å². The van der Waals surface area contributed by atoms with Crippen LogP contribution in [0.5, 0.6) is 0 Å². The second kappa shape index (κ2) is 5.62. The maximum absolute atomic E-state index is 11.2. The molecule has 1 amide bonds. The van der Waals surface area contributed by atoms with E-state index in [0.717, 1.165) is 6.42 Å². The Morgan fingerprint density at radius 3 is 2.07 bits per heavy atom. The topological polar surface area (TPSA) is 57.6 Å². The molecule has 82 valence electrons. The molecular formula is C10H19NO3. The van der Waals surface area contributed by atoms with Crippen LogP contribution in [0, 0.1) is 5.92 Å². The summed E-state index contributed by atoms with van der Waals surface area (Å²) in [6, 6.07) is -0.692. The predicted molar refractivity (Wildman–Crippen MR) is 53.9 cm³/mol. The zero-order valence-electron chi connectivity index (χ0n) is 9.28. The van der Waals surface area contributed by atoms with E-state index in [9.17, 15) is 9.59 Å². The van der Waals surface area contributed by atoms with Crippen LogP contribution in [-0.4, -0.2) is 34.5 Å². The van der Waals surface area contributed by atoms with Gasteiger partial charge in [-0.25, -0.2) is 4.79 Å². The molecule has 4 nitrogen and oxygen atoms in total. The third-order valence-corrected chi connectivity index (χ3v) is 2.52. The van der Waals surface area contributed by atoms with E-state index in [1.54, 1.807) is 6.92 Å². The van der Waals surface area contributed by atoms with Crippen LogP contribution in [0.15, 0.2) is 0 Å². The lowest BCUT2D eigenvalue weighted by Crippen LogP contribution is -2.47. The Labute approximate surface area is 84.9 Å². The number of rotatable bonds is 5. The van der Waals surface area contributed by atoms with E-state index in [1.807, 2.05) is 13.8 Å². The van der Waals surface area contributed by atoms with Crippen molar-refractivity contribution in [2.75, 3.05) is 6.54 Å². The molecule has 4 heteroatoms. The molecule has 0 fully saturated rings. The van der Waals surface area contributed by atoms with Gasteiger partial charge in [-0.05, 0) is 12.8 Å². The highest BCUT2D eigenvalue weighted by molar-refractivity contribution is 5.82. The number of nitrogens with zero attached hydrogens (tertiary/aromatic N) is 1. The number of hydrogen-bond donors (Lipinski definition) is 1. The largest absolute Gasteiger partial charge is 0.480 e. The molecule has 0 spiro atoms. The highest BCUT2D eigenvalue weighted by Crippen LogP contribution is 2.15. The summed E-state index contributed by atoms with van der Waals surface area (Å²) in [4.78, 5) is 23.6. The van der Waals surface area contributed by atoms with Crippen molar-refractivity contribution in [1.29, 1.82) is 0 Å². The van der Waals surface area contributed by atoms with Gasteiger partial charge in [0.15, 0.2) is 0 Å². The van der Waals surface area contributed by atoms with Gasteiger partial charge in [-0.3, -0.25) is 4.79 Å². The van der Waals surface area contributed by atoms with Gasteiger partial charge < -0.3 is 10.0 Å². The van der Waals surface area contributed by atoms with Crippen LogP contribution >= 0.6 is 0 Å². The van der Waals surface area contributed by atoms with Gasteiger partial charge in [0.2, 0.25) is 5.91 Å². The fourth-order valence-electron chi connectivity index (χ4n) is 1.52. The minimum Gasteiger partial charge on any atom is -0.480 e. The van der Waals surface area contributed by atoms with Crippen LogP contribution < -0.4 is 0 Å². The Bertz CT molecular complexity index is 215. The van der Waals surface area contributed by atoms with E-state index in [0.29, 0.717) is 6.54 Å². The van der Waals surface area contributed by atoms with Gasteiger partial charge in [-0.15, -0.1) is 0 Å². The van der Waals surface area contributed by atoms with E-state index in [4.69, 9.17) is 5.11 Å². The number of carbonyl (C=O) groups is 2.